The second kappa shape index (κ2) is 6.55. The zero-order valence-corrected chi connectivity index (χ0v) is 10.7. The van der Waals surface area contributed by atoms with Crippen LogP contribution in [0.25, 0.3) is 0 Å². The van der Waals surface area contributed by atoms with Crippen LogP contribution in [0.3, 0.4) is 0 Å². The molecule has 0 aliphatic carbocycles. The highest BCUT2D eigenvalue weighted by molar-refractivity contribution is 7.13. The molecule has 3 amide bonds. The summed E-state index contributed by atoms with van der Waals surface area (Å²) >= 11 is 1.30. The lowest BCUT2D eigenvalue weighted by molar-refractivity contribution is -0.120. The third-order valence-corrected chi connectivity index (χ3v) is 2.79. The van der Waals surface area contributed by atoms with Crippen LogP contribution in [0.1, 0.15) is 5.76 Å². The lowest BCUT2D eigenvalue weighted by Crippen LogP contribution is -2.38. The average molecular weight is 280 g/mol. The minimum absolute atomic E-state index is 0.113. The summed E-state index contributed by atoms with van der Waals surface area (Å²) in [6.45, 7) is 0.180. The number of rotatable bonds is 5. The van der Waals surface area contributed by atoms with Gasteiger partial charge in [-0.25, -0.2) is 9.78 Å². The van der Waals surface area contributed by atoms with E-state index < -0.39 is 6.03 Å². The predicted molar refractivity (Wildman–Crippen MR) is 69.7 cm³/mol. The summed E-state index contributed by atoms with van der Waals surface area (Å²) in [5, 5.41) is 9.76. The Morgan fingerprint density at radius 1 is 1.37 bits per heavy atom. The van der Waals surface area contributed by atoms with Crippen molar-refractivity contribution in [3.8, 4) is 0 Å². The average Bonchev–Trinajstić information content (AvgIpc) is 3.06. The van der Waals surface area contributed by atoms with E-state index in [0.717, 1.165) is 0 Å². The Hall–Kier alpha value is -2.35. The van der Waals surface area contributed by atoms with Crippen LogP contribution < -0.4 is 16.0 Å². The van der Waals surface area contributed by atoms with E-state index in [9.17, 15) is 9.59 Å². The molecule has 100 valence electrons. The maximum absolute atomic E-state index is 11.4. The summed E-state index contributed by atoms with van der Waals surface area (Å²) in [5.74, 6) is 0.353. The van der Waals surface area contributed by atoms with Gasteiger partial charge in [0.05, 0.1) is 19.4 Å². The molecule has 0 bridgehead atoms. The van der Waals surface area contributed by atoms with E-state index in [-0.39, 0.29) is 12.5 Å². The first kappa shape index (κ1) is 13.1. The fourth-order valence-corrected chi connectivity index (χ4v) is 1.77. The lowest BCUT2D eigenvalue weighted by atomic mass is 10.4. The molecular formula is C11H12N4O3S. The Bertz CT molecular complexity index is 524. The molecule has 0 saturated heterocycles. The van der Waals surface area contributed by atoms with E-state index in [1.54, 1.807) is 23.7 Å². The van der Waals surface area contributed by atoms with Crippen LogP contribution >= 0.6 is 11.3 Å². The summed E-state index contributed by atoms with van der Waals surface area (Å²) in [6.07, 6.45) is 3.11. The van der Waals surface area contributed by atoms with Gasteiger partial charge in [0.2, 0.25) is 5.91 Å². The molecule has 0 aromatic carbocycles. The van der Waals surface area contributed by atoms with Crippen molar-refractivity contribution in [1.82, 2.24) is 15.6 Å². The van der Waals surface area contributed by atoms with Crippen molar-refractivity contribution in [3.63, 3.8) is 0 Å². The Kier molecular flexibility index (Phi) is 4.51. The maximum atomic E-state index is 11.4. The smallest absolute Gasteiger partial charge is 0.321 e. The van der Waals surface area contributed by atoms with Crippen LogP contribution in [0, 0.1) is 0 Å². The van der Waals surface area contributed by atoms with Gasteiger partial charge in [-0.05, 0) is 12.1 Å². The van der Waals surface area contributed by atoms with Crippen LogP contribution in [0.4, 0.5) is 9.93 Å². The number of nitrogens with zero attached hydrogens (tertiary/aromatic N) is 1. The number of anilines is 1. The van der Waals surface area contributed by atoms with Gasteiger partial charge in [0.1, 0.15) is 5.76 Å². The molecule has 2 aromatic heterocycles. The number of hydrogen-bond acceptors (Lipinski definition) is 5. The van der Waals surface area contributed by atoms with Gasteiger partial charge >= 0.3 is 6.03 Å². The number of urea groups is 1. The molecule has 0 spiro atoms. The van der Waals surface area contributed by atoms with Gasteiger partial charge in [-0.1, -0.05) is 0 Å². The van der Waals surface area contributed by atoms with E-state index in [2.05, 4.69) is 20.9 Å². The van der Waals surface area contributed by atoms with Gasteiger partial charge in [0.15, 0.2) is 5.13 Å². The van der Waals surface area contributed by atoms with Crippen LogP contribution in [0.15, 0.2) is 34.4 Å². The number of carbonyl (C=O) groups excluding carboxylic acids is 2. The lowest BCUT2D eigenvalue weighted by Gasteiger charge is -2.05. The van der Waals surface area contributed by atoms with Crippen LogP contribution in [0.5, 0.6) is 0 Å². The number of hydrogen-bond donors (Lipinski definition) is 3. The standard InChI is InChI=1S/C11H12N4O3S/c16-9(13-6-8-2-1-4-18-8)7-14-10(17)15-11-12-3-5-19-11/h1-5H,6-7H2,(H,13,16)(H2,12,14,15,17). The fourth-order valence-electron chi connectivity index (χ4n) is 1.25. The van der Waals surface area contributed by atoms with Crippen LogP contribution in [0.2, 0.25) is 0 Å². The summed E-state index contributed by atoms with van der Waals surface area (Å²) in [4.78, 5) is 26.7. The third kappa shape index (κ3) is 4.43. The van der Waals surface area contributed by atoms with Crippen molar-refractivity contribution in [2.75, 3.05) is 11.9 Å². The summed E-state index contributed by atoms with van der Waals surface area (Å²) in [5.41, 5.74) is 0. The molecule has 3 N–H and O–H groups in total. The predicted octanol–water partition coefficient (Wildman–Crippen LogP) is 1.17. The highest BCUT2D eigenvalue weighted by atomic mass is 32.1. The number of carbonyl (C=O) groups is 2. The molecule has 2 heterocycles. The fraction of sp³-hybridized carbons (Fsp3) is 0.182. The Balaban J connectivity index is 1.64. The van der Waals surface area contributed by atoms with E-state index in [0.29, 0.717) is 17.4 Å². The van der Waals surface area contributed by atoms with Crippen molar-refractivity contribution >= 4 is 28.4 Å². The van der Waals surface area contributed by atoms with Crippen molar-refractivity contribution in [2.45, 2.75) is 6.54 Å². The summed E-state index contributed by atoms with van der Waals surface area (Å²) < 4.78 is 5.06. The molecule has 0 fully saturated rings. The van der Waals surface area contributed by atoms with Crippen molar-refractivity contribution in [1.29, 1.82) is 0 Å². The first-order valence-corrected chi connectivity index (χ1v) is 6.35. The highest BCUT2D eigenvalue weighted by Crippen LogP contribution is 2.09. The summed E-state index contributed by atoms with van der Waals surface area (Å²) in [7, 11) is 0. The summed E-state index contributed by atoms with van der Waals surface area (Å²) in [6, 6.07) is 3.02. The van der Waals surface area contributed by atoms with Crippen molar-refractivity contribution in [3.05, 3.63) is 35.7 Å². The van der Waals surface area contributed by atoms with Gasteiger partial charge < -0.3 is 15.1 Å². The zero-order valence-electron chi connectivity index (χ0n) is 9.88. The number of amides is 3. The first-order valence-electron chi connectivity index (χ1n) is 5.47. The largest absolute Gasteiger partial charge is 0.467 e. The molecule has 0 saturated carbocycles. The normalized spacial score (nSPS) is 9.89. The highest BCUT2D eigenvalue weighted by Gasteiger charge is 2.06. The first-order chi connectivity index (χ1) is 9.24. The number of aromatic nitrogens is 1. The molecule has 0 unspecified atom stereocenters. The Morgan fingerprint density at radius 3 is 2.95 bits per heavy atom. The topological polar surface area (TPSA) is 96.3 Å². The minimum Gasteiger partial charge on any atom is -0.467 e. The number of furan rings is 1. The van der Waals surface area contributed by atoms with E-state index in [4.69, 9.17) is 4.42 Å². The zero-order chi connectivity index (χ0) is 13.5. The third-order valence-electron chi connectivity index (χ3n) is 2.10. The van der Waals surface area contributed by atoms with Gasteiger partial charge in [-0.3, -0.25) is 10.1 Å². The molecule has 0 aliphatic heterocycles. The van der Waals surface area contributed by atoms with E-state index in [1.807, 2.05) is 0 Å². The van der Waals surface area contributed by atoms with Crippen molar-refractivity contribution in [2.24, 2.45) is 0 Å². The quantitative estimate of drug-likeness (QED) is 0.766. The second-order valence-electron chi connectivity index (χ2n) is 3.50. The molecule has 2 aromatic rings. The SMILES string of the molecule is O=C(CNC(=O)Nc1nccs1)NCc1ccco1. The molecule has 19 heavy (non-hydrogen) atoms. The van der Waals surface area contributed by atoms with Crippen LogP contribution in [-0.2, 0) is 11.3 Å². The Labute approximate surface area is 113 Å². The van der Waals surface area contributed by atoms with Crippen molar-refractivity contribution < 1.29 is 14.0 Å². The molecule has 2 rings (SSSR count). The Morgan fingerprint density at radius 2 is 2.26 bits per heavy atom. The minimum atomic E-state index is -0.469. The molecule has 0 radical (unpaired) electrons. The van der Waals surface area contributed by atoms with Gasteiger partial charge in [0.25, 0.3) is 0 Å². The second-order valence-corrected chi connectivity index (χ2v) is 4.40. The molecular weight excluding hydrogens is 268 g/mol. The molecule has 8 heteroatoms. The van der Waals surface area contributed by atoms with Gasteiger partial charge in [-0.15, -0.1) is 11.3 Å². The maximum Gasteiger partial charge on any atom is 0.321 e. The van der Waals surface area contributed by atoms with Crippen LogP contribution in [-0.4, -0.2) is 23.5 Å². The van der Waals surface area contributed by atoms with Gasteiger partial charge in [0, 0.05) is 11.6 Å². The van der Waals surface area contributed by atoms with Gasteiger partial charge in [-0.2, -0.15) is 0 Å². The number of thiazole rings is 1. The molecule has 7 nitrogen and oxygen atoms in total. The molecule has 0 atom stereocenters. The van der Waals surface area contributed by atoms with E-state index in [1.165, 1.54) is 17.6 Å². The molecule has 0 aliphatic rings. The monoisotopic (exact) mass is 280 g/mol. The van der Waals surface area contributed by atoms with E-state index >= 15 is 0 Å². The number of nitrogens with one attached hydrogen (secondary N) is 3.